The monoisotopic (exact) mass is 290 g/mol. The Balaban J connectivity index is 2.14. The highest BCUT2D eigenvalue weighted by Crippen LogP contribution is 2.22. The van der Waals surface area contributed by atoms with Gasteiger partial charge in [0.25, 0.3) is 0 Å². The van der Waals surface area contributed by atoms with E-state index in [4.69, 9.17) is 0 Å². The summed E-state index contributed by atoms with van der Waals surface area (Å²) < 4.78 is 1.10. The maximum atomic E-state index is 4.27. The minimum Gasteiger partial charge on any atom is -0.377 e. The molecule has 1 aromatic carbocycles. The summed E-state index contributed by atoms with van der Waals surface area (Å²) in [7, 11) is 0. The number of pyridine rings is 1. The molecule has 0 amide bonds. The van der Waals surface area contributed by atoms with Gasteiger partial charge in [0.1, 0.15) is 0 Å². The van der Waals surface area contributed by atoms with E-state index >= 15 is 0 Å². The fraction of sp³-hybridized carbons (Fsp3) is 0.214. The van der Waals surface area contributed by atoms with Gasteiger partial charge in [0.2, 0.25) is 0 Å². The number of halogens is 1. The summed E-state index contributed by atoms with van der Waals surface area (Å²) in [5, 5.41) is 3.47. The Hall–Kier alpha value is -1.35. The summed E-state index contributed by atoms with van der Waals surface area (Å²) in [5.41, 5.74) is 3.37. The van der Waals surface area contributed by atoms with Gasteiger partial charge in [0.15, 0.2) is 0 Å². The van der Waals surface area contributed by atoms with E-state index in [9.17, 15) is 0 Å². The third kappa shape index (κ3) is 3.07. The Morgan fingerprint density at radius 1 is 1.18 bits per heavy atom. The molecular formula is C14H15BrN2. The van der Waals surface area contributed by atoms with Crippen LogP contribution >= 0.6 is 15.9 Å². The first kappa shape index (κ1) is 12.1. The van der Waals surface area contributed by atoms with E-state index in [1.165, 1.54) is 5.56 Å². The van der Waals surface area contributed by atoms with E-state index in [2.05, 4.69) is 63.5 Å². The molecule has 0 saturated heterocycles. The number of anilines is 1. The van der Waals surface area contributed by atoms with Crippen molar-refractivity contribution in [2.75, 3.05) is 5.32 Å². The van der Waals surface area contributed by atoms with Crippen LogP contribution in [0.25, 0.3) is 0 Å². The Morgan fingerprint density at radius 3 is 2.53 bits per heavy atom. The van der Waals surface area contributed by atoms with Crippen LogP contribution in [-0.2, 0) is 0 Å². The molecule has 2 nitrogen and oxygen atoms in total. The Bertz CT molecular complexity index is 494. The number of hydrogen-bond acceptors (Lipinski definition) is 2. The first-order valence-electron chi connectivity index (χ1n) is 5.60. The molecule has 1 heterocycles. The molecule has 0 aliphatic rings. The zero-order chi connectivity index (χ0) is 12.3. The smallest absolute Gasteiger partial charge is 0.0603 e. The lowest BCUT2D eigenvalue weighted by Crippen LogP contribution is -2.07. The molecule has 0 spiro atoms. The van der Waals surface area contributed by atoms with Crippen LogP contribution in [0.5, 0.6) is 0 Å². The highest BCUT2D eigenvalue weighted by atomic mass is 79.9. The van der Waals surface area contributed by atoms with Gasteiger partial charge >= 0.3 is 0 Å². The quantitative estimate of drug-likeness (QED) is 0.910. The normalized spacial score (nSPS) is 12.2. The van der Waals surface area contributed by atoms with Gasteiger partial charge < -0.3 is 5.32 Å². The zero-order valence-electron chi connectivity index (χ0n) is 9.94. The first-order valence-corrected chi connectivity index (χ1v) is 6.40. The molecule has 0 aliphatic heterocycles. The van der Waals surface area contributed by atoms with Crippen LogP contribution in [0, 0.1) is 6.92 Å². The number of hydrogen-bond donors (Lipinski definition) is 1. The molecule has 1 atom stereocenters. The molecule has 1 N–H and O–H groups in total. The second-order valence-electron chi connectivity index (χ2n) is 4.05. The average Bonchev–Trinajstić information content (AvgIpc) is 2.33. The van der Waals surface area contributed by atoms with Gasteiger partial charge in [-0.25, -0.2) is 0 Å². The van der Waals surface area contributed by atoms with Crippen molar-refractivity contribution in [1.29, 1.82) is 0 Å². The van der Waals surface area contributed by atoms with Crippen molar-refractivity contribution in [1.82, 2.24) is 4.98 Å². The van der Waals surface area contributed by atoms with Crippen molar-refractivity contribution in [3.63, 3.8) is 0 Å². The summed E-state index contributed by atoms with van der Waals surface area (Å²) >= 11 is 3.44. The second kappa shape index (κ2) is 5.32. The van der Waals surface area contributed by atoms with Crippen molar-refractivity contribution in [2.24, 2.45) is 0 Å². The molecule has 0 aliphatic carbocycles. The molecule has 3 heteroatoms. The van der Waals surface area contributed by atoms with E-state index in [-0.39, 0.29) is 6.04 Å². The molecule has 0 radical (unpaired) electrons. The molecule has 88 valence electrons. The van der Waals surface area contributed by atoms with Crippen LogP contribution in [-0.4, -0.2) is 4.98 Å². The minimum absolute atomic E-state index is 0.269. The number of aromatic nitrogens is 1. The van der Waals surface area contributed by atoms with Gasteiger partial charge in [-0.3, -0.25) is 4.98 Å². The average molecular weight is 291 g/mol. The maximum absolute atomic E-state index is 4.27. The second-order valence-corrected chi connectivity index (χ2v) is 4.97. The fourth-order valence-electron chi connectivity index (χ4n) is 1.70. The third-order valence-electron chi connectivity index (χ3n) is 2.75. The molecule has 2 aromatic rings. The molecule has 17 heavy (non-hydrogen) atoms. The van der Waals surface area contributed by atoms with Crippen LogP contribution in [0.4, 0.5) is 5.69 Å². The first-order chi connectivity index (χ1) is 8.16. The van der Waals surface area contributed by atoms with E-state index in [0.717, 1.165) is 15.9 Å². The topological polar surface area (TPSA) is 24.9 Å². The molecule has 2 rings (SSSR count). The predicted octanol–water partition coefficient (Wildman–Crippen LogP) is 4.33. The zero-order valence-corrected chi connectivity index (χ0v) is 11.5. The molecular weight excluding hydrogens is 276 g/mol. The Morgan fingerprint density at radius 2 is 1.88 bits per heavy atom. The van der Waals surface area contributed by atoms with Crippen molar-refractivity contribution in [3.05, 3.63) is 58.3 Å². The van der Waals surface area contributed by atoms with Crippen LogP contribution < -0.4 is 5.32 Å². The molecule has 0 saturated carbocycles. The lowest BCUT2D eigenvalue weighted by molar-refractivity contribution is 0.879. The summed E-state index contributed by atoms with van der Waals surface area (Å²) in [6.07, 6.45) is 1.81. The Labute approximate surface area is 110 Å². The molecule has 1 unspecified atom stereocenters. The van der Waals surface area contributed by atoms with Crippen molar-refractivity contribution in [3.8, 4) is 0 Å². The van der Waals surface area contributed by atoms with Gasteiger partial charge in [0.05, 0.1) is 11.4 Å². The van der Waals surface area contributed by atoms with Crippen molar-refractivity contribution >= 4 is 21.6 Å². The van der Waals surface area contributed by atoms with Crippen LogP contribution in [0.1, 0.15) is 24.2 Å². The van der Waals surface area contributed by atoms with E-state index in [1.54, 1.807) is 0 Å². The number of rotatable bonds is 3. The standard InChI is InChI=1S/C14H15BrN2/c1-10(12-5-7-13(15)8-6-12)17-14-4-3-9-16-11(14)2/h3-10,17H,1-2H3. The summed E-state index contributed by atoms with van der Waals surface area (Å²) in [5.74, 6) is 0. The molecule has 0 fully saturated rings. The lowest BCUT2D eigenvalue weighted by Gasteiger charge is -2.16. The van der Waals surface area contributed by atoms with E-state index in [1.807, 2.05) is 19.2 Å². The number of benzene rings is 1. The predicted molar refractivity (Wildman–Crippen MR) is 75.2 cm³/mol. The number of nitrogens with one attached hydrogen (secondary N) is 1. The van der Waals surface area contributed by atoms with Gasteiger partial charge in [-0.2, -0.15) is 0 Å². The maximum Gasteiger partial charge on any atom is 0.0603 e. The van der Waals surface area contributed by atoms with Crippen LogP contribution in [0.3, 0.4) is 0 Å². The van der Waals surface area contributed by atoms with Gasteiger partial charge in [-0.15, -0.1) is 0 Å². The van der Waals surface area contributed by atoms with Crippen LogP contribution in [0.15, 0.2) is 47.1 Å². The summed E-state index contributed by atoms with van der Waals surface area (Å²) in [6, 6.07) is 12.6. The largest absolute Gasteiger partial charge is 0.377 e. The number of nitrogens with zero attached hydrogens (tertiary/aromatic N) is 1. The number of aryl methyl sites for hydroxylation is 1. The van der Waals surface area contributed by atoms with E-state index in [0.29, 0.717) is 0 Å². The molecule has 0 bridgehead atoms. The van der Waals surface area contributed by atoms with Gasteiger partial charge in [-0.1, -0.05) is 28.1 Å². The highest BCUT2D eigenvalue weighted by molar-refractivity contribution is 9.10. The van der Waals surface area contributed by atoms with Crippen molar-refractivity contribution < 1.29 is 0 Å². The van der Waals surface area contributed by atoms with Crippen LogP contribution in [0.2, 0.25) is 0 Å². The van der Waals surface area contributed by atoms with Crippen molar-refractivity contribution in [2.45, 2.75) is 19.9 Å². The van der Waals surface area contributed by atoms with Gasteiger partial charge in [0, 0.05) is 16.7 Å². The SMILES string of the molecule is Cc1ncccc1NC(C)c1ccc(Br)cc1. The summed E-state index contributed by atoms with van der Waals surface area (Å²) in [6.45, 7) is 4.16. The summed E-state index contributed by atoms with van der Waals surface area (Å²) in [4.78, 5) is 4.27. The third-order valence-corrected chi connectivity index (χ3v) is 3.28. The minimum atomic E-state index is 0.269. The van der Waals surface area contributed by atoms with Gasteiger partial charge in [-0.05, 0) is 43.7 Å². The fourth-order valence-corrected chi connectivity index (χ4v) is 1.97. The van der Waals surface area contributed by atoms with E-state index < -0.39 is 0 Å². The Kier molecular flexibility index (Phi) is 3.79. The lowest BCUT2D eigenvalue weighted by atomic mass is 10.1. The molecule has 1 aromatic heterocycles. The highest BCUT2D eigenvalue weighted by Gasteiger charge is 2.06.